The van der Waals surface area contributed by atoms with Gasteiger partial charge in [0, 0.05) is 22.5 Å². The van der Waals surface area contributed by atoms with E-state index >= 15 is 0 Å². The van der Waals surface area contributed by atoms with Gasteiger partial charge in [0.25, 0.3) is 0 Å². The molecule has 8 heteroatoms. The molecule has 45 heavy (non-hydrogen) atoms. The first-order valence-electron chi connectivity index (χ1n) is 15.6. The molecular weight excluding hydrogens is 560 g/mol. The van der Waals surface area contributed by atoms with Gasteiger partial charge in [-0.1, -0.05) is 66.7 Å². The number of rotatable bonds is 7. The summed E-state index contributed by atoms with van der Waals surface area (Å²) in [5, 5.41) is 0. The summed E-state index contributed by atoms with van der Waals surface area (Å²) in [5.41, 5.74) is 5.93. The van der Waals surface area contributed by atoms with Crippen LogP contribution in [0.3, 0.4) is 0 Å². The maximum atomic E-state index is 11.3. The normalized spacial score (nSPS) is 19.5. The van der Waals surface area contributed by atoms with Crippen molar-refractivity contribution in [1.29, 1.82) is 0 Å². The van der Waals surface area contributed by atoms with Gasteiger partial charge in [0.2, 0.25) is 0 Å². The third kappa shape index (κ3) is 5.77. The highest BCUT2D eigenvalue weighted by atomic mass is 16.7. The third-order valence-corrected chi connectivity index (χ3v) is 9.86. The molecule has 4 aromatic rings. The molecule has 0 aliphatic carbocycles. The van der Waals surface area contributed by atoms with E-state index in [2.05, 4.69) is 121 Å². The van der Waals surface area contributed by atoms with E-state index in [1.807, 2.05) is 36.4 Å². The summed E-state index contributed by atoms with van der Waals surface area (Å²) >= 11 is 0. The molecule has 6 rings (SSSR count). The first kappa shape index (κ1) is 31.3. The van der Waals surface area contributed by atoms with E-state index < -0.39 is 36.6 Å². The summed E-state index contributed by atoms with van der Waals surface area (Å²) in [6, 6.07) is 32.7. The van der Waals surface area contributed by atoms with E-state index in [9.17, 15) is 4.79 Å². The van der Waals surface area contributed by atoms with Crippen LogP contribution in [-0.2, 0) is 18.6 Å². The standard InChI is InChI=1S/C37H41B2NO5/c1-34(2)35(3,4)43-38(42-34)28-17-21-30(22-18-28)40(33-12-10-9-11-32(33)27-15-13-26(25-41)14-16-27)31-23-19-29(20-24-31)39-44-36(5,6)37(7,8)45-39/h9-25H,1-8H3. The van der Waals surface area contributed by atoms with Crippen LogP contribution in [0.1, 0.15) is 65.7 Å². The van der Waals surface area contributed by atoms with Crippen LogP contribution in [0.4, 0.5) is 17.1 Å². The summed E-state index contributed by atoms with van der Waals surface area (Å²) in [5.74, 6) is 0. The lowest BCUT2D eigenvalue weighted by Crippen LogP contribution is -2.41. The van der Waals surface area contributed by atoms with Crippen LogP contribution >= 0.6 is 0 Å². The number of carbonyl (C=O) groups is 1. The lowest BCUT2D eigenvalue weighted by molar-refractivity contribution is 0.00578. The summed E-state index contributed by atoms with van der Waals surface area (Å²) < 4.78 is 25.3. The second-order valence-electron chi connectivity index (χ2n) is 14.0. The van der Waals surface area contributed by atoms with Gasteiger partial charge in [-0.3, -0.25) is 4.79 Å². The highest BCUT2D eigenvalue weighted by Gasteiger charge is 2.52. The lowest BCUT2D eigenvalue weighted by Gasteiger charge is -2.32. The fraction of sp³-hybridized carbons (Fsp3) is 0.324. The van der Waals surface area contributed by atoms with Crippen LogP contribution in [0.5, 0.6) is 0 Å². The Morgan fingerprint density at radius 1 is 0.533 bits per heavy atom. The molecule has 230 valence electrons. The Hall–Kier alpha value is -3.68. The van der Waals surface area contributed by atoms with Gasteiger partial charge in [0.1, 0.15) is 6.29 Å². The summed E-state index contributed by atoms with van der Waals surface area (Å²) in [7, 11) is -0.888. The van der Waals surface area contributed by atoms with Crippen molar-refractivity contribution in [2.45, 2.75) is 77.8 Å². The highest BCUT2D eigenvalue weighted by molar-refractivity contribution is 6.62. The largest absolute Gasteiger partial charge is 0.494 e. The molecule has 6 nitrogen and oxygen atoms in total. The Morgan fingerprint density at radius 3 is 1.33 bits per heavy atom. The van der Waals surface area contributed by atoms with Gasteiger partial charge in [-0.2, -0.15) is 0 Å². The average Bonchev–Trinajstić information content (AvgIpc) is 3.37. The zero-order valence-corrected chi connectivity index (χ0v) is 27.5. The first-order chi connectivity index (χ1) is 21.2. The molecule has 2 heterocycles. The maximum absolute atomic E-state index is 11.3. The minimum absolute atomic E-state index is 0.417. The minimum Gasteiger partial charge on any atom is -0.399 e. The topological polar surface area (TPSA) is 57.2 Å². The predicted octanol–water partition coefficient (Wildman–Crippen LogP) is 7.23. The van der Waals surface area contributed by atoms with E-state index in [0.717, 1.165) is 45.4 Å². The number of nitrogens with zero attached hydrogens (tertiary/aromatic N) is 1. The van der Waals surface area contributed by atoms with Crippen molar-refractivity contribution in [3.8, 4) is 11.1 Å². The van der Waals surface area contributed by atoms with Crippen molar-refractivity contribution in [3.05, 3.63) is 103 Å². The van der Waals surface area contributed by atoms with Crippen LogP contribution in [0.25, 0.3) is 11.1 Å². The summed E-state index contributed by atoms with van der Waals surface area (Å²) in [4.78, 5) is 13.6. The second kappa shape index (κ2) is 11.3. The van der Waals surface area contributed by atoms with Gasteiger partial charge in [-0.25, -0.2) is 0 Å². The molecule has 2 fully saturated rings. The molecule has 2 saturated heterocycles. The fourth-order valence-corrected chi connectivity index (χ4v) is 5.60. The van der Waals surface area contributed by atoms with E-state index in [0.29, 0.717) is 5.56 Å². The van der Waals surface area contributed by atoms with E-state index in [-0.39, 0.29) is 0 Å². The molecule has 0 saturated carbocycles. The Morgan fingerprint density at radius 2 is 0.933 bits per heavy atom. The highest BCUT2D eigenvalue weighted by Crippen LogP contribution is 2.42. The second-order valence-corrected chi connectivity index (χ2v) is 14.0. The average molecular weight is 601 g/mol. The van der Waals surface area contributed by atoms with Crippen LogP contribution in [0, 0.1) is 0 Å². The number of anilines is 3. The fourth-order valence-electron chi connectivity index (χ4n) is 5.60. The third-order valence-electron chi connectivity index (χ3n) is 9.86. The molecule has 0 spiro atoms. The van der Waals surface area contributed by atoms with Crippen LogP contribution in [0.2, 0.25) is 0 Å². The van der Waals surface area contributed by atoms with Gasteiger partial charge in [-0.15, -0.1) is 0 Å². The molecular formula is C37H41B2NO5. The first-order valence-corrected chi connectivity index (χ1v) is 15.6. The van der Waals surface area contributed by atoms with E-state index in [1.165, 1.54) is 0 Å². The van der Waals surface area contributed by atoms with Crippen LogP contribution < -0.4 is 15.8 Å². The number of para-hydroxylation sites is 1. The van der Waals surface area contributed by atoms with Gasteiger partial charge < -0.3 is 23.5 Å². The maximum Gasteiger partial charge on any atom is 0.494 e. The molecule has 0 unspecified atom stereocenters. The molecule has 0 N–H and O–H groups in total. The Kier molecular flexibility index (Phi) is 7.85. The van der Waals surface area contributed by atoms with Crippen molar-refractivity contribution in [2.24, 2.45) is 0 Å². The number of aldehydes is 1. The molecule has 0 aromatic heterocycles. The quantitative estimate of drug-likeness (QED) is 0.165. The van der Waals surface area contributed by atoms with Gasteiger partial charge in [-0.05, 0) is 102 Å². The summed E-state index contributed by atoms with van der Waals surface area (Å²) in [6.45, 7) is 16.5. The van der Waals surface area contributed by atoms with Crippen LogP contribution in [-0.4, -0.2) is 42.9 Å². The molecule has 2 aliphatic heterocycles. The van der Waals surface area contributed by atoms with Crippen molar-refractivity contribution >= 4 is 48.5 Å². The van der Waals surface area contributed by atoms with Crippen LogP contribution in [0.15, 0.2) is 97.1 Å². The monoisotopic (exact) mass is 601 g/mol. The van der Waals surface area contributed by atoms with Crippen molar-refractivity contribution in [2.75, 3.05) is 4.90 Å². The number of carbonyl (C=O) groups excluding carboxylic acids is 1. The van der Waals surface area contributed by atoms with Gasteiger partial charge >= 0.3 is 14.2 Å². The summed E-state index contributed by atoms with van der Waals surface area (Å²) in [6.07, 6.45) is 0.866. The smallest absolute Gasteiger partial charge is 0.399 e. The molecule has 4 aromatic carbocycles. The Labute approximate surface area is 267 Å². The van der Waals surface area contributed by atoms with E-state index in [4.69, 9.17) is 18.6 Å². The number of hydrogen-bond donors (Lipinski definition) is 0. The zero-order valence-electron chi connectivity index (χ0n) is 27.5. The number of benzene rings is 4. The molecule has 0 amide bonds. The van der Waals surface area contributed by atoms with E-state index in [1.54, 1.807) is 0 Å². The molecule has 0 atom stereocenters. The number of hydrogen-bond acceptors (Lipinski definition) is 6. The lowest BCUT2D eigenvalue weighted by atomic mass is 9.79. The minimum atomic E-state index is -0.444. The predicted molar refractivity (Wildman–Crippen MR) is 183 cm³/mol. The Balaban J connectivity index is 1.40. The van der Waals surface area contributed by atoms with Crippen molar-refractivity contribution < 1.29 is 23.4 Å². The van der Waals surface area contributed by atoms with Gasteiger partial charge in [0.05, 0.1) is 28.1 Å². The van der Waals surface area contributed by atoms with Crippen molar-refractivity contribution in [1.82, 2.24) is 0 Å². The zero-order chi connectivity index (χ0) is 32.2. The van der Waals surface area contributed by atoms with Crippen molar-refractivity contribution in [3.63, 3.8) is 0 Å². The Bertz CT molecular complexity index is 1570. The SMILES string of the molecule is CC1(C)OB(c2ccc(N(c3ccc(B4OC(C)(C)C(C)(C)O4)cc3)c3ccccc3-c3ccc(C=O)cc3)cc2)OC1(C)C. The molecule has 2 aliphatic rings. The molecule has 0 bridgehead atoms. The molecule has 0 radical (unpaired) electrons. The van der Waals surface area contributed by atoms with Gasteiger partial charge in [0.15, 0.2) is 0 Å².